The third-order valence-electron chi connectivity index (χ3n) is 9.19. The summed E-state index contributed by atoms with van der Waals surface area (Å²) in [6.45, 7) is 6.82. The zero-order chi connectivity index (χ0) is 37.3. The number of methoxy groups -OCH3 is 2. The molecule has 2 aliphatic heterocycles. The summed E-state index contributed by atoms with van der Waals surface area (Å²) in [5.41, 5.74) is 5.23. The molecule has 2 fully saturated rings. The third-order valence-corrected chi connectivity index (χ3v) is 9.48. The summed E-state index contributed by atoms with van der Waals surface area (Å²) in [5, 5.41) is 1.57. The number of aromatic amines is 1. The highest BCUT2D eigenvalue weighted by molar-refractivity contribution is 6.34. The van der Waals surface area contributed by atoms with Gasteiger partial charge in [0.2, 0.25) is 0 Å². The van der Waals surface area contributed by atoms with E-state index in [1.807, 2.05) is 72.8 Å². The van der Waals surface area contributed by atoms with E-state index in [0.29, 0.717) is 67.2 Å². The van der Waals surface area contributed by atoms with Crippen molar-refractivity contribution in [2.75, 3.05) is 76.6 Å². The van der Waals surface area contributed by atoms with Crippen LogP contribution in [0.1, 0.15) is 12.6 Å². The number of aromatic nitrogens is 4. The maximum absolute atomic E-state index is 12.4. The number of halogens is 1. The Balaban J connectivity index is 0.000000184. The van der Waals surface area contributed by atoms with E-state index in [1.165, 1.54) is 12.7 Å². The molecule has 0 amide bonds. The molecule has 1 N–H and O–H groups in total. The lowest BCUT2D eigenvalue weighted by Gasteiger charge is -2.29. The molecule has 0 bridgehead atoms. The Hall–Kier alpha value is -5.63. The lowest BCUT2D eigenvalue weighted by atomic mass is 10.1. The van der Waals surface area contributed by atoms with Crippen LogP contribution in [0.5, 0.6) is 23.0 Å². The van der Waals surface area contributed by atoms with Gasteiger partial charge in [-0.3, -0.25) is 4.79 Å². The highest BCUT2D eigenvalue weighted by Gasteiger charge is 2.18. The molecule has 8 rings (SSSR count). The fourth-order valence-electron chi connectivity index (χ4n) is 6.25. The number of H-pyrrole nitrogens is 1. The zero-order valence-corrected chi connectivity index (χ0v) is 30.9. The standard InChI is InChI=1S/C20H20ClN3O3.C20H21N3O4.H2/c1-25-16-4-2-14(3-5-16)12-27-18-11-15(24-6-8-26-9-7-24)10-17-19(18)20(21)23-13-22-17;1-25-16-4-2-14(3-5-16)12-27-18-11-15(23-6-8-26-9-7-23)10-17-19(18)20(24)22-13-21-17;/h2-5,10-11,13H,6-9,12H2,1H3;2-5,10-11,13H,6-9,12H2,1H3,(H,21,22,24);1H. The quantitative estimate of drug-likeness (QED) is 0.157. The summed E-state index contributed by atoms with van der Waals surface area (Å²) < 4.78 is 33.4. The van der Waals surface area contributed by atoms with E-state index in [0.717, 1.165) is 71.1 Å². The molecule has 13 nitrogen and oxygen atoms in total. The van der Waals surface area contributed by atoms with Gasteiger partial charge in [0.25, 0.3) is 5.56 Å². The van der Waals surface area contributed by atoms with Crippen LogP contribution in [0.15, 0.2) is 90.2 Å². The van der Waals surface area contributed by atoms with Crippen molar-refractivity contribution in [3.05, 3.63) is 112 Å². The fraction of sp³-hybridized carbons (Fsp3) is 0.300. The molecule has 2 aromatic heterocycles. The lowest BCUT2D eigenvalue weighted by molar-refractivity contribution is 0.122. The van der Waals surface area contributed by atoms with Crippen LogP contribution in [0.25, 0.3) is 21.8 Å². The van der Waals surface area contributed by atoms with Gasteiger partial charge in [0.15, 0.2) is 0 Å². The number of rotatable bonds is 10. The van der Waals surface area contributed by atoms with E-state index < -0.39 is 0 Å². The van der Waals surface area contributed by atoms with Crippen LogP contribution >= 0.6 is 11.6 Å². The van der Waals surface area contributed by atoms with Crippen LogP contribution in [0.4, 0.5) is 11.4 Å². The van der Waals surface area contributed by atoms with Crippen molar-refractivity contribution in [3.8, 4) is 23.0 Å². The minimum atomic E-state index is -0.210. The monoisotopic (exact) mass is 754 g/mol. The fourth-order valence-corrected chi connectivity index (χ4v) is 6.49. The van der Waals surface area contributed by atoms with Gasteiger partial charge >= 0.3 is 0 Å². The molecule has 282 valence electrons. The predicted molar refractivity (Wildman–Crippen MR) is 210 cm³/mol. The summed E-state index contributed by atoms with van der Waals surface area (Å²) in [5.74, 6) is 2.81. The predicted octanol–water partition coefficient (Wildman–Crippen LogP) is 6.30. The number of benzene rings is 4. The molecule has 0 atom stereocenters. The maximum atomic E-state index is 12.4. The Morgan fingerprint density at radius 3 is 1.67 bits per heavy atom. The van der Waals surface area contributed by atoms with Gasteiger partial charge in [-0.2, -0.15) is 0 Å². The first-order valence-electron chi connectivity index (χ1n) is 17.6. The minimum absolute atomic E-state index is 0. The third kappa shape index (κ3) is 8.76. The Morgan fingerprint density at radius 1 is 0.685 bits per heavy atom. The molecule has 0 radical (unpaired) electrons. The smallest absolute Gasteiger partial charge is 0.262 e. The molecular weight excluding hydrogens is 712 g/mol. The Bertz CT molecular complexity index is 2230. The van der Waals surface area contributed by atoms with Gasteiger partial charge in [-0.25, -0.2) is 15.0 Å². The molecular formula is C40H43ClN6O7. The van der Waals surface area contributed by atoms with Crippen LogP contribution < -0.4 is 34.3 Å². The van der Waals surface area contributed by atoms with E-state index in [4.69, 9.17) is 40.0 Å². The number of nitrogens with one attached hydrogen (secondary N) is 1. The van der Waals surface area contributed by atoms with Gasteiger partial charge in [-0.1, -0.05) is 35.9 Å². The van der Waals surface area contributed by atoms with Crippen LogP contribution in [0, 0.1) is 0 Å². The summed E-state index contributed by atoms with van der Waals surface area (Å²) in [4.78, 5) is 32.3. The van der Waals surface area contributed by atoms with Crippen LogP contribution in [0.2, 0.25) is 5.15 Å². The highest BCUT2D eigenvalue weighted by Crippen LogP contribution is 2.35. The Morgan fingerprint density at radius 2 is 1.17 bits per heavy atom. The molecule has 4 heterocycles. The number of hydrogen-bond acceptors (Lipinski definition) is 12. The van der Waals surface area contributed by atoms with Gasteiger partial charge in [-0.15, -0.1) is 0 Å². The molecule has 0 unspecified atom stereocenters. The largest absolute Gasteiger partial charge is 0.497 e. The number of ether oxygens (including phenoxy) is 6. The van der Waals surface area contributed by atoms with E-state index in [2.05, 4.69) is 29.7 Å². The molecule has 14 heteroatoms. The van der Waals surface area contributed by atoms with Gasteiger partial charge in [-0.05, 0) is 47.5 Å². The molecule has 0 spiro atoms. The average molecular weight is 755 g/mol. The second-order valence-electron chi connectivity index (χ2n) is 12.5. The summed E-state index contributed by atoms with van der Waals surface area (Å²) in [7, 11) is 3.28. The van der Waals surface area contributed by atoms with E-state index in [9.17, 15) is 4.79 Å². The summed E-state index contributed by atoms with van der Waals surface area (Å²) in [6, 6.07) is 23.3. The van der Waals surface area contributed by atoms with Crippen LogP contribution in [0.3, 0.4) is 0 Å². The maximum Gasteiger partial charge on any atom is 0.262 e. The van der Waals surface area contributed by atoms with Crippen molar-refractivity contribution in [2.45, 2.75) is 13.2 Å². The molecule has 54 heavy (non-hydrogen) atoms. The number of hydrogen-bond donors (Lipinski definition) is 1. The van der Waals surface area contributed by atoms with E-state index in [-0.39, 0.29) is 6.99 Å². The normalized spacial score (nSPS) is 14.4. The first-order chi connectivity index (χ1) is 26.5. The summed E-state index contributed by atoms with van der Waals surface area (Å²) in [6.07, 6.45) is 2.89. The van der Waals surface area contributed by atoms with Crippen molar-refractivity contribution in [3.63, 3.8) is 0 Å². The first kappa shape index (κ1) is 36.7. The first-order valence-corrected chi connectivity index (χ1v) is 18.0. The van der Waals surface area contributed by atoms with E-state index >= 15 is 0 Å². The van der Waals surface area contributed by atoms with Gasteiger partial charge in [0.1, 0.15) is 53.1 Å². The molecule has 6 aromatic rings. The number of morpholine rings is 2. The number of nitrogens with zero attached hydrogens (tertiary/aromatic N) is 5. The SMILES string of the molecule is COc1ccc(COc2cc(N3CCOCC3)cc3nc[nH]c(=O)c23)cc1.COc1ccc(COc2cc(N3CCOCC3)cc3ncnc(Cl)c23)cc1.[HH]. The van der Waals surface area contributed by atoms with Gasteiger partial charge < -0.3 is 43.2 Å². The summed E-state index contributed by atoms with van der Waals surface area (Å²) >= 11 is 6.34. The van der Waals surface area contributed by atoms with Crippen molar-refractivity contribution in [1.82, 2.24) is 19.9 Å². The highest BCUT2D eigenvalue weighted by atomic mass is 35.5. The topological polar surface area (TPSA) is 133 Å². The Labute approximate surface area is 318 Å². The van der Waals surface area contributed by atoms with Crippen molar-refractivity contribution in [2.24, 2.45) is 0 Å². The van der Waals surface area contributed by atoms with Gasteiger partial charge in [0.05, 0.1) is 63.4 Å². The number of anilines is 2. The average Bonchev–Trinajstić information content (AvgIpc) is 3.23. The van der Waals surface area contributed by atoms with Crippen molar-refractivity contribution < 1.29 is 29.8 Å². The lowest BCUT2D eigenvalue weighted by Crippen LogP contribution is -2.36. The molecule has 0 saturated carbocycles. The van der Waals surface area contributed by atoms with Gasteiger partial charge in [0, 0.05) is 51.1 Å². The Kier molecular flexibility index (Phi) is 11.9. The zero-order valence-electron chi connectivity index (χ0n) is 30.1. The second-order valence-corrected chi connectivity index (χ2v) is 12.9. The van der Waals surface area contributed by atoms with Crippen molar-refractivity contribution >= 4 is 44.8 Å². The van der Waals surface area contributed by atoms with Crippen LogP contribution in [-0.4, -0.2) is 86.8 Å². The second kappa shape index (κ2) is 17.5. The molecule has 0 aliphatic carbocycles. The van der Waals surface area contributed by atoms with E-state index in [1.54, 1.807) is 14.2 Å². The molecule has 4 aromatic carbocycles. The molecule has 2 saturated heterocycles. The number of fused-ring (bicyclic) bond motifs is 2. The van der Waals surface area contributed by atoms with Crippen molar-refractivity contribution in [1.29, 1.82) is 0 Å². The van der Waals surface area contributed by atoms with Crippen LogP contribution in [-0.2, 0) is 22.7 Å². The minimum Gasteiger partial charge on any atom is -0.497 e. The molecule has 2 aliphatic rings.